The van der Waals surface area contributed by atoms with Gasteiger partial charge in [0.25, 0.3) is 0 Å². The summed E-state index contributed by atoms with van der Waals surface area (Å²) in [5.41, 5.74) is 4.57. The molecule has 1 unspecified atom stereocenters. The number of ether oxygens (including phenoxy) is 1. The Labute approximate surface area is 140 Å². The molecule has 1 aliphatic carbocycles. The van der Waals surface area contributed by atoms with Gasteiger partial charge in [0.1, 0.15) is 0 Å². The van der Waals surface area contributed by atoms with Gasteiger partial charge in [-0.15, -0.1) is 0 Å². The standard InChI is InChI=1S/C20H29N2O/c1-2-4-17(5-3-1)20-19-7-6-16(14-18(19)8-9-21-20)15-22-10-12-23-13-11-22/h6-7,14,17,20H,1-5,8-13,15H2. The minimum Gasteiger partial charge on any atom is -0.379 e. The van der Waals surface area contributed by atoms with Crippen molar-refractivity contribution in [2.45, 2.75) is 51.1 Å². The predicted octanol–water partition coefficient (Wildman–Crippen LogP) is 3.30. The SMILES string of the molecule is c1cc2c(cc1CN1CCOCC1)CC[N]C2C1CCCCC1. The van der Waals surface area contributed by atoms with Crippen LogP contribution in [0.25, 0.3) is 0 Å². The lowest BCUT2D eigenvalue weighted by atomic mass is 9.78. The molecule has 3 heteroatoms. The average Bonchev–Trinajstić information content (AvgIpc) is 2.63. The maximum absolute atomic E-state index is 5.46. The van der Waals surface area contributed by atoms with E-state index < -0.39 is 0 Å². The van der Waals surface area contributed by atoms with Crippen LogP contribution in [0.1, 0.15) is 54.8 Å². The van der Waals surface area contributed by atoms with Crippen LogP contribution in [0.3, 0.4) is 0 Å². The zero-order chi connectivity index (χ0) is 15.5. The third-order valence-corrected chi connectivity index (χ3v) is 5.84. The van der Waals surface area contributed by atoms with Crippen LogP contribution in [0.5, 0.6) is 0 Å². The first-order valence-corrected chi connectivity index (χ1v) is 9.48. The highest BCUT2D eigenvalue weighted by molar-refractivity contribution is 5.36. The summed E-state index contributed by atoms with van der Waals surface area (Å²) >= 11 is 0. The van der Waals surface area contributed by atoms with E-state index in [0.29, 0.717) is 6.04 Å². The summed E-state index contributed by atoms with van der Waals surface area (Å²) in [4.78, 5) is 2.51. The molecule has 1 atom stereocenters. The maximum Gasteiger partial charge on any atom is 0.0594 e. The zero-order valence-electron chi connectivity index (χ0n) is 14.2. The highest BCUT2D eigenvalue weighted by Gasteiger charge is 2.29. The van der Waals surface area contributed by atoms with Gasteiger partial charge in [-0.05, 0) is 41.9 Å². The second kappa shape index (κ2) is 7.33. The number of rotatable bonds is 3. The fraction of sp³-hybridized carbons (Fsp3) is 0.700. The molecular formula is C20H29N2O. The van der Waals surface area contributed by atoms with E-state index in [1.165, 1.54) is 43.2 Å². The summed E-state index contributed by atoms with van der Waals surface area (Å²) in [5.74, 6) is 0.799. The minimum absolute atomic E-state index is 0.483. The van der Waals surface area contributed by atoms with Crippen molar-refractivity contribution in [3.05, 3.63) is 34.9 Å². The number of fused-ring (bicyclic) bond motifs is 1. The highest BCUT2D eigenvalue weighted by Crippen LogP contribution is 2.38. The number of morpholine rings is 1. The smallest absolute Gasteiger partial charge is 0.0594 e. The average molecular weight is 313 g/mol. The third-order valence-electron chi connectivity index (χ3n) is 5.84. The summed E-state index contributed by atoms with van der Waals surface area (Å²) in [6, 6.07) is 7.70. The van der Waals surface area contributed by atoms with Gasteiger partial charge >= 0.3 is 0 Å². The Hall–Kier alpha value is -0.900. The molecule has 4 rings (SSSR count). The molecule has 125 valence electrons. The topological polar surface area (TPSA) is 26.6 Å². The zero-order valence-corrected chi connectivity index (χ0v) is 14.2. The Morgan fingerprint density at radius 3 is 2.74 bits per heavy atom. The van der Waals surface area contributed by atoms with Gasteiger partial charge in [-0.2, -0.15) is 0 Å². The van der Waals surface area contributed by atoms with Gasteiger partial charge in [0.2, 0.25) is 0 Å². The molecule has 3 nitrogen and oxygen atoms in total. The maximum atomic E-state index is 5.46. The number of nitrogens with zero attached hydrogens (tertiary/aromatic N) is 2. The van der Waals surface area contributed by atoms with Crippen LogP contribution in [-0.2, 0) is 17.7 Å². The third kappa shape index (κ3) is 3.62. The van der Waals surface area contributed by atoms with E-state index in [1.807, 2.05) is 0 Å². The summed E-state index contributed by atoms with van der Waals surface area (Å²) in [6.45, 7) is 5.99. The van der Waals surface area contributed by atoms with E-state index in [-0.39, 0.29) is 0 Å². The van der Waals surface area contributed by atoms with Gasteiger partial charge < -0.3 is 4.74 Å². The number of hydrogen-bond donors (Lipinski definition) is 0. The first-order valence-electron chi connectivity index (χ1n) is 9.48. The van der Waals surface area contributed by atoms with Crippen LogP contribution in [-0.4, -0.2) is 37.7 Å². The van der Waals surface area contributed by atoms with Crippen molar-refractivity contribution in [2.75, 3.05) is 32.8 Å². The Kier molecular flexibility index (Phi) is 4.98. The Morgan fingerprint density at radius 1 is 1.09 bits per heavy atom. The first-order chi connectivity index (χ1) is 11.4. The van der Waals surface area contributed by atoms with Gasteiger partial charge in [0.15, 0.2) is 0 Å². The van der Waals surface area contributed by atoms with Gasteiger partial charge in [-0.3, -0.25) is 4.90 Å². The van der Waals surface area contributed by atoms with Crippen molar-refractivity contribution < 1.29 is 4.74 Å². The summed E-state index contributed by atoms with van der Waals surface area (Å²) in [7, 11) is 0. The molecule has 1 aromatic rings. The summed E-state index contributed by atoms with van der Waals surface area (Å²) in [5, 5.41) is 5.01. The molecule has 23 heavy (non-hydrogen) atoms. The molecule has 1 saturated heterocycles. The molecule has 3 aliphatic rings. The molecule has 0 amide bonds. The van der Waals surface area contributed by atoms with E-state index >= 15 is 0 Å². The molecule has 1 radical (unpaired) electrons. The Morgan fingerprint density at radius 2 is 1.91 bits per heavy atom. The van der Waals surface area contributed by atoms with Crippen LogP contribution in [0.15, 0.2) is 18.2 Å². The van der Waals surface area contributed by atoms with E-state index in [4.69, 9.17) is 10.1 Å². The van der Waals surface area contributed by atoms with E-state index in [1.54, 1.807) is 5.56 Å². The second-order valence-electron chi connectivity index (χ2n) is 7.42. The van der Waals surface area contributed by atoms with Crippen molar-refractivity contribution in [3.8, 4) is 0 Å². The van der Waals surface area contributed by atoms with Crippen LogP contribution in [0.2, 0.25) is 0 Å². The number of benzene rings is 1. The van der Waals surface area contributed by atoms with Gasteiger partial charge in [0, 0.05) is 26.2 Å². The van der Waals surface area contributed by atoms with Crippen molar-refractivity contribution in [1.29, 1.82) is 0 Å². The van der Waals surface area contributed by atoms with Crippen LogP contribution in [0.4, 0.5) is 0 Å². The van der Waals surface area contributed by atoms with Crippen molar-refractivity contribution in [1.82, 2.24) is 10.2 Å². The van der Waals surface area contributed by atoms with Crippen molar-refractivity contribution in [2.24, 2.45) is 5.92 Å². The molecular weight excluding hydrogens is 284 g/mol. The fourth-order valence-electron chi connectivity index (χ4n) is 4.56. The molecule has 2 fully saturated rings. The van der Waals surface area contributed by atoms with Crippen molar-refractivity contribution in [3.63, 3.8) is 0 Å². The van der Waals surface area contributed by atoms with Gasteiger partial charge in [-0.25, -0.2) is 5.32 Å². The normalized spacial score (nSPS) is 26.9. The first kappa shape index (κ1) is 15.6. The summed E-state index contributed by atoms with van der Waals surface area (Å²) < 4.78 is 5.46. The quantitative estimate of drug-likeness (QED) is 0.856. The molecule has 2 aliphatic heterocycles. The molecule has 0 spiro atoms. The van der Waals surface area contributed by atoms with Gasteiger partial charge in [-0.1, -0.05) is 37.5 Å². The predicted molar refractivity (Wildman–Crippen MR) is 92.6 cm³/mol. The van der Waals surface area contributed by atoms with Crippen molar-refractivity contribution >= 4 is 0 Å². The molecule has 1 saturated carbocycles. The molecule has 2 heterocycles. The van der Waals surface area contributed by atoms with E-state index in [0.717, 1.165) is 51.7 Å². The molecule has 0 aromatic heterocycles. The molecule has 0 N–H and O–H groups in total. The Balaban J connectivity index is 1.49. The van der Waals surface area contributed by atoms with Crippen LogP contribution >= 0.6 is 0 Å². The Bertz CT molecular complexity index is 518. The van der Waals surface area contributed by atoms with Gasteiger partial charge in [0.05, 0.1) is 19.3 Å². The molecule has 1 aromatic carbocycles. The van der Waals surface area contributed by atoms with E-state index in [2.05, 4.69) is 23.1 Å². The lowest BCUT2D eigenvalue weighted by Crippen LogP contribution is -2.36. The fourth-order valence-corrected chi connectivity index (χ4v) is 4.56. The number of hydrogen-bond acceptors (Lipinski definition) is 2. The van der Waals surface area contributed by atoms with Crippen LogP contribution < -0.4 is 5.32 Å². The largest absolute Gasteiger partial charge is 0.379 e. The summed E-state index contributed by atoms with van der Waals surface area (Å²) in [6.07, 6.45) is 8.12. The highest BCUT2D eigenvalue weighted by atomic mass is 16.5. The lowest BCUT2D eigenvalue weighted by molar-refractivity contribution is 0.0342. The van der Waals surface area contributed by atoms with Crippen LogP contribution in [0, 0.1) is 5.92 Å². The second-order valence-corrected chi connectivity index (χ2v) is 7.42. The van der Waals surface area contributed by atoms with E-state index in [9.17, 15) is 0 Å². The monoisotopic (exact) mass is 313 g/mol. The minimum atomic E-state index is 0.483. The lowest BCUT2D eigenvalue weighted by Gasteiger charge is -2.35. The molecule has 0 bridgehead atoms.